The van der Waals surface area contributed by atoms with Crippen molar-refractivity contribution in [2.24, 2.45) is 11.1 Å². The molecule has 0 saturated heterocycles. The minimum absolute atomic E-state index is 0.0803. The van der Waals surface area contributed by atoms with Crippen LogP contribution in [0.2, 0.25) is 0 Å². The van der Waals surface area contributed by atoms with Crippen LogP contribution in [0.3, 0.4) is 0 Å². The lowest BCUT2D eigenvalue weighted by Gasteiger charge is -2.07. The summed E-state index contributed by atoms with van der Waals surface area (Å²) in [5, 5.41) is 4.90. The van der Waals surface area contributed by atoms with Crippen LogP contribution < -0.4 is 5.14 Å². The van der Waals surface area contributed by atoms with E-state index in [4.69, 9.17) is 14.6 Å². The molecule has 0 rings (SSSR count). The molecule has 0 amide bonds. The van der Waals surface area contributed by atoms with Gasteiger partial charge in [0.15, 0.2) is 0 Å². The predicted octanol–water partition coefficient (Wildman–Crippen LogP) is 1.52. The topological polar surface area (TPSA) is 78.6 Å². The molecule has 18 heavy (non-hydrogen) atoms. The standard InChI is InChI=1S/C12H27NO4S/c1-12(2)11-17-9-8-16-7-5-3-4-6-10-18(13,14)15/h12H,3-11H2,1-2H3,(H2,13,14,15). The van der Waals surface area contributed by atoms with Gasteiger partial charge in [-0.05, 0) is 18.8 Å². The minimum atomic E-state index is -3.29. The second-order valence-electron chi connectivity index (χ2n) is 4.86. The van der Waals surface area contributed by atoms with E-state index < -0.39 is 10.0 Å². The summed E-state index contributed by atoms with van der Waals surface area (Å²) in [6, 6.07) is 0. The molecule has 0 fully saturated rings. The normalized spacial score (nSPS) is 12.2. The molecule has 0 aliphatic carbocycles. The lowest BCUT2D eigenvalue weighted by atomic mass is 10.2. The molecule has 5 nitrogen and oxygen atoms in total. The number of hydrogen-bond donors (Lipinski definition) is 1. The predicted molar refractivity (Wildman–Crippen MR) is 72.9 cm³/mol. The van der Waals surface area contributed by atoms with E-state index in [9.17, 15) is 8.42 Å². The van der Waals surface area contributed by atoms with Crippen molar-refractivity contribution in [3.63, 3.8) is 0 Å². The minimum Gasteiger partial charge on any atom is -0.379 e. The van der Waals surface area contributed by atoms with E-state index in [1.54, 1.807) is 0 Å². The van der Waals surface area contributed by atoms with Crippen molar-refractivity contribution in [2.75, 3.05) is 32.2 Å². The highest BCUT2D eigenvalue weighted by molar-refractivity contribution is 7.89. The van der Waals surface area contributed by atoms with E-state index >= 15 is 0 Å². The lowest BCUT2D eigenvalue weighted by molar-refractivity contribution is 0.0366. The molecule has 110 valence electrons. The fraction of sp³-hybridized carbons (Fsp3) is 1.00. The summed E-state index contributed by atoms with van der Waals surface area (Å²) in [4.78, 5) is 0. The summed E-state index contributed by atoms with van der Waals surface area (Å²) >= 11 is 0. The molecule has 0 radical (unpaired) electrons. The maximum absolute atomic E-state index is 10.7. The Labute approximate surface area is 111 Å². The molecule has 0 aliphatic heterocycles. The zero-order chi connectivity index (χ0) is 13.9. The molecule has 0 bridgehead atoms. The summed E-state index contributed by atoms with van der Waals surface area (Å²) in [7, 11) is -3.29. The largest absolute Gasteiger partial charge is 0.379 e. The molecule has 0 saturated carbocycles. The fourth-order valence-corrected chi connectivity index (χ4v) is 2.01. The van der Waals surface area contributed by atoms with Gasteiger partial charge in [0, 0.05) is 13.2 Å². The zero-order valence-corrected chi connectivity index (χ0v) is 12.4. The number of hydrogen-bond acceptors (Lipinski definition) is 4. The molecule has 0 aliphatic rings. The Morgan fingerprint density at radius 3 is 2.17 bits per heavy atom. The summed E-state index contributed by atoms with van der Waals surface area (Å²) in [6.45, 7) is 6.98. The number of ether oxygens (including phenoxy) is 2. The average Bonchev–Trinajstić information content (AvgIpc) is 2.24. The average molecular weight is 281 g/mol. The van der Waals surface area contributed by atoms with Crippen LogP contribution in [0.25, 0.3) is 0 Å². The van der Waals surface area contributed by atoms with Crippen molar-refractivity contribution >= 4 is 10.0 Å². The lowest BCUT2D eigenvalue weighted by Crippen LogP contribution is -2.16. The Kier molecular flexibility index (Phi) is 10.6. The molecular formula is C12H27NO4S. The Balaban J connectivity index is 3.08. The molecule has 0 heterocycles. The molecule has 0 atom stereocenters. The van der Waals surface area contributed by atoms with Crippen LogP contribution in [0.15, 0.2) is 0 Å². The molecule has 6 heteroatoms. The third-order valence-electron chi connectivity index (χ3n) is 2.29. The molecular weight excluding hydrogens is 254 g/mol. The number of unbranched alkanes of at least 4 members (excludes halogenated alkanes) is 3. The highest BCUT2D eigenvalue weighted by Gasteiger charge is 2.01. The summed E-state index contributed by atoms with van der Waals surface area (Å²) in [5.41, 5.74) is 0. The van der Waals surface area contributed by atoms with Crippen molar-refractivity contribution in [3.8, 4) is 0 Å². The van der Waals surface area contributed by atoms with Crippen molar-refractivity contribution < 1.29 is 17.9 Å². The Bertz CT molecular complexity index is 278. The van der Waals surface area contributed by atoms with Crippen LogP contribution in [0.5, 0.6) is 0 Å². The van der Waals surface area contributed by atoms with Crippen molar-refractivity contribution in [3.05, 3.63) is 0 Å². The summed E-state index contributed by atoms with van der Waals surface area (Å²) in [5.74, 6) is 0.639. The van der Waals surface area contributed by atoms with Gasteiger partial charge in [-0.25, -0.2) is 13.6 Å². The first-order valence-corrected chi connectivity index (χ1v) is 8.29. The molecule has 2 N–H and O–H groups in total. The first-order valence-electron chi connectivity index (χ1n) is 6.58. The second-order valence-corrected chi connectivity index (χ2v) is 6.60. The number of primary sulfonamides is 1. The van der Waals surface area contributed by atoms with Crippen LogP contribution in [0, 0.1) is 5.92 Å². The number of rotatable bonds is 12. The van der Waals surface area contributed by atoms with Crippen molar-refractivity contribution in [2.45, 2.75) is 39.5 Å². The quantitative estimate of drug-likeness (QED) is 0.550. The Hall–Kier alpha value is -0.170. The third kappa shape index (κ3) is 15.8. The fourth-order valence-electron chi connectivity index (χ4n) is 1.40. The number of sulfonamides is 1. The highest BCUT2D eigenvalue weighted by atomic mass is 32.2. The monoisotopic (exact) mass is 281 g/mol. The van der Waals surface area contributed by atoms with E-state index in [1.165, 1.54) is 0 Å². The SMILES string of the molecule is CC(C)COCCOCCCCCCS(N)(=O)=O. The van der Waals surface area contributed by atoms with Crippen LogP contribution >= 0.6 is 0 Å². The molecule has 0 aromatic carbocycles. The first kappa shape index (κ1) is 17.8. The molecule has 0 aromatic rings. The van der Waals surface area contributed by atoms with Gasteiger partial charge >= 0.3 is 0 Å². The van der Waals surface area contributed by atoms with E-state index in [2.05, 4.69) is 13.8 Å². The highest BCUT2D eigenvalue weighted by Crippen LogP contribution is 2.01. The van der Waals surface area contributed by atoms with E-state index in [-0.39, 0.29) is 5.75 Å². The third-order valence-corrected chi connectivity index (χ3v) is 3.15. The van der Waals surface area contributed by atoms with Gasteiger partial charge < -0.3 is 9.47 Å². The van der Waals surface area contributed by atoms with E-state index in [0.29, 0.717) is 32.2 Å². The molecule has 0 spiro atoms. The Morgan fingerprint density at radius 2 is 1.56 bits per heavy atom. The van der Waals surface area contributed by atoms with Gasteiger partial charge in [-0.15, -0.1) is 0 Å². The first-order chi connectivity index (χ1) is 8.42. The van der Waals surface area contributed by atoms with E-state index in [0.717, 1.165) is 25.9 Å². The second kappa shape index (κ2) is 10.7. The summed E-state index contributed by atoms with van der Waals surface area (Å²) < 4.78 is 32.1. The van der Waals surface area contributed by atoms with Crippen molar-refractivity contribution in [1.82, 2.24) is 0 Å². The van der Waals surface area contributed by atoms with Gasteiger partial charge in [0.2, 0.25) is 10.0 Å². The van der Waals surface area contributed by atoms with Crippen molar-refractivity contribution in [1.29, 1.82) is 0 Å². The maximum Gasteiger partial charge on any atom is 0.209 e. The van der Waals surface area contributed by atoms with Crippen LogP contribution in [0.4, 0.5) is 0 Å². The van der Waals surface area contributed by atoms with E-state index in [1.807, 2.05) is 0 Å². The Morgan fingerprint density at radius 1 is 0.944 bits per heavy atom. The van der Waals surface area contributed by atoms with Crippen LogP contribution in [0.1, 0.15) is 39.5 Å². The van der Waals surface area contributed by atoms with Gasteiger partial charge in [-0.2, -0.15) is 0 Å². The summed E-state index contributed by atoms with van der Waals surface area (Å²) in [6.07, 6.45) is 3.44. The van der Waals surface area contributed by atoms with Crippen LogP contribution in [-0.2, 0) is 19.5 Å². The maximum atomic E-state index is 10.7. The zero-order valence-electron chi connectivity index (χ0n) is 11.6. The van der Waals surface area contributed by atoms with Gasteiger partial charge in [-0.3, -0.25) is 0 Å². The van der Waals surface area contributed by atoms with Gasteiger partial charge in [-0.1, -0.05) is 26.7 Å². The van der Waals surface area contributed by atoms with Crippen LogP contribution in [-0.4, -0.2) is 40.6 Å². The smallest absolute Gasteiger partial charge is 0.209 e. The van der Waals surface area contributed by atoms with Gasteiger partial charge in [0.1, 0.15) is 0 Å². The van der Waals surface area contributed by atoms with Gasteiger partial charge in [0.25, 0.3) is 0 Å². The number of nitrogens with two attached hydrogens (primary N) is 1. The molecule has 0 unspecified atom stereocenters. The molecule has 0 aromatic heterocycles. The van der Waals surface area contributed by atoms with Gasteiger partial charge in [0.05, 0.1) is 19.0 Å².